The summed E-state index contributed by atoms with van der Waals surface area (Å²) in [4.78, 5) is 26.6. The summed E-state index contributed by atoms with van der Waals surface area (Å²) in [7, 11) is 2.00. The molecule has 27 heavy (non-hydrogen) atoms. The Morgan fingerprint density at radius 3 is 2.89 bits per heavy atom. The lowest BCUT2D eigenvalue weighted by Gasteiger charge is -2.24. The van der Waals surface area contributed by atoms with Crippen LogP contribution in [0.3, 0.4) is 0 Å². The van der Waals surface area contributed by atoms with E-state index in [9.17, 15) is 9.59 Å². The van der Waals surface area contributed by atoms with Crippen LogP contribution < -0.4 is 20.1 Å². The Kier molecular flexibility index (Phi) is 4.72. The van der Waals surface area contributed by atoms with Crippen molar-refractivity contribution in [1.82, 2.24) is 14.8 Å². The van der Waals surface area contributed by atoms with Gasteiger partial charge in [-0.3, -0.25) is 15.0 Å². The van der Waals surface area contributed by atoms with E-state index in [2.05, 4.69) is 26.2 Å². The lowest BCUT2D eigenvalue weighted by atomic mass is 10.1. The molecule has 0 bridgehead atoms. The fourth-order valence-electron chi connectivity index (χ4n) is 3.66. The van der Waals surface area contributed by atoms with Crippen LogP contribution in [0.25, 0.3) is 0 Å². The molecule has 0 saturated carbocycles. The quantitative estimate of drug-likeness (QED) is 0.862. The standard InChI is InChI=1S/C19H22N4O4/c1-22-8-2-4-14(22)15-5-3-9-23(15)11-18(24)21-19(25)20-13-6-7-16-17(10-13)27-12-26-16/h2,4,6-8,10,15H,3,5,9,11-12H2,1H3,(H2,20,21,24,25)/t15-/m0/s1. The predicted molar refractivity (Wildman–Crippen MR) is 98.7 cm³/mol. The van der Waals surface area contributed by atoms with Crippen LogP contribution in [-0.4, -0.2) is 41.3 Å². The first-order chi connectivity index (χ1) is 13.1. The molecule has 2 aliphatic heterocycles. The number of nitrogens with one attached hydrogen (secondary N) is 2. The van der Waals surface area contributed by atoms with Crippen molar-refractivity contribution in [3.05, 3.63) is 42.2 Å². The zero-order valence-corrected chi connectivity index (χ0v) is 15.1. The van der Waals surface area contributed by atoms with Crippen LogP contribution >= 0.6 is 0 Å². The van der Waals surface area contributed by atoms with E-state index in [1.165, 1.54) is 5.69 Å². The van der Waals surface area contributed by atoms with Gasteiger partial charge in [0.15, 0.2) is 11.5 Å². The second-order valence-electron chi connectivity index (χ2n) is 6.74. The van der Waals surface area contributed by atoms with Crippen molar-refractivity contribution in [1.29, 1.82) is 0 Å². The summed E-state index contributed by atoms with van der Waals surface area (Å²) in [5.74, 6) is 0.883. The molecule has 4 rings (SSSR count). The van der Waals surface area contributed by atoms with Gasteiger partial charge in [-0.2, -0.15) is 0 Å². The number of imide groups is 1. The van der Waals surface area contributed by atoms with Crippen LogP contribution in [0.5, 0.6) is 11.5 Å². The summed E-state index contributed by atoms with van der Waals surface area (Å²) in [5.41, 5.74) is 1.72. The summed E-state index contributed by atoms with van der Waals surface area (Å²) in [6, 6.07) is 8.80. The molecule has 1 aromatic heterocycles. The molecule has 0 radical (unpaired) electrons. The molecule has 1 aromatic carbocycles. The number of fused-ring (bicyclic) bond motifs is 1. The van der Waals surface area contributed by atoms with E-state index in [0.717, 1.165) is 19.4 Å². The maximum Gasteiger partial charge on any atom is 0.325 e. The topological polar surface area (TPSA) is 84.8 Å². The molecule has 2 aromatic rings. The Labute approximate surface area is 157 Å². The monoisotopic (exact) mass is 370 g/mol. The zero-order valence-electron chi connectivity index (χ0n) is 15.1. The number of aromatic nitrogens is 1. The molecule has 3 heterocycles. The molecule has 8 heteroatoms. The smallest absolute Gasteiger partial charge is 0.325 e. The number of carbonyl (C=O) groups excluding carboxylic acids is 2. The second kappa shape index (κ2) is 7.32. The lowest BCUT2D eigenvalue weighted by molar-refractivity contribution is -0.121. The highest BCUT2D eigenvalue weighted by atomic mass is 16.7. The van der Waals surface area contributed by atoms with Crippen molar-refractivity contribution in [2.45, 2.75) is 18.9 Å². The normalized spacial score (nSPS) is 18.5. The fraction of sp³-hybridized carbons (Fsp3) is 0.368. The number of nitrogens with zero attached hydrogens (tertiary/aromatic N) is 2. The molecule has 0 unspecified atom stereocenters. The number of rotatable bonds is 4. The number of aryl methyl sites for hydroxylation is 1. The first-order valence-corrected chi connectivity index (χ1v) is 8.96. The molecule has 8 nitrogen and oxygen atoms in total. The number of hydrogen-bond donors (Lipinski definition) is 2. The van der Waals surface area contributed by atoms with E-state index in [4.69, 9.17) is 9.47 Å². The van der Waals surface area contributed by atoms with Gasteiger partial charge in [0.05, 0.1) is 12.6 Å². The molecule has 1 fully saturated rings. The second-order valence-corrected chi connectivity index (χ2v) is 6.74. The van der Waals surface area contributed by atoms with Crippen molar-refractivity contribution in [3.63, 3.8) is 0 Å². The first-order valence-electron chi connectivity index (χ1n) is 8.96. The SMILES string of the molecule is Cn1cccc1[C@@H]1CCCN1CC(=O)NC(=O)Nc1ccc2c(c1)OCO2. The van der Waals surface area contributed by atoms with Crippen LogP contribution in [0.2, 0.25) is 0 Å². The Hall–Kier alpha value is -3.00. The zero-order chi connectivity index (χ0) is 18.8. The summed E-state index contributed by atoms with van der Waals surface area (Å²) < 4.78 is 12.6. The van der Waals surface area contributed by atoms with Gasteiger partial charge in [0, 0.05) is 30.7 Å². The van der Waals surface area contributed by atoms with Crippen LogP contribution in [0, 0.1) is 0 Å². The number of carbonyl (C=O) groups is 2. The van der Waals surface area contributed by atoms with Gasteiger partial charge in [-0.25, -0.2) is 4.79 Å². The maximum absolute atomic E-state index is 12.3. The number of urea groups is 1. The number of ether oxygens (including phenoxy) is 2. The van der Waals surface area contributed by atoms with Crippen molar-refractivity contribution in [2.75, 3.05) is 25.2 Å². The Morgan fingerprint density at radius 1 is 1.22 bits per heavy atom. The Bertz CT molecular complexity index is 863. The molecule has 0 spiro atoms. The Morgan fingerprint density at radius 2 is 2.07 bits per heavy atom. The third-order valence-electron chi connectivity index (χ3n) is 4.92. The molecule has 2 aliphatic rings. The predicted octanol–water partition coefficient (Wildman–Crippen LogP) is 2.24. The number of likely N-dealkylation sites (tertiary alicyclic amines) is 1. The molecule has 0 aliphatic carbocycles. The van der Waals surface area contributed by atoms with E-state index in [-0.39, 0.29) is 25.3 Å². The number of benzene rings is 1. The van der Waals surface area contributed by atoms with Gasteiger partial charge >= 0.3 is 6.03 Å². The minimum absolute atomic E-state index is 0.168. The lowest BCUT2D eigenvalue weighted by Crippen LogP contribution is -2.41. The van der Waals surface area contributed by atoms with E-state index >= 15 is 0 Å². The van der Waals surface area contributed by atoms with Gasteiger partial charge < -0.3 is 19.4 Å². The molecule has 2 N–H and O–H groups in total. The summed E-state index contributed by atoms with van der Waals surface area (Å²) in [6.07, 6.45) is 4.05. The van der Waals surface area contributed by atoms with Crippen molar-refractivity contribution >= 4 is 17.6 Å². The van der Waals surface area contributed by atoms with E-state index < -0.39 is 6.03 Å². The van der Waals surface area contributed by atoms with Crippen molar-refractivity contribution in [3.8, 4) is 11.5 Å². The minimum atomic E-state index is -0.562. The summed E-state index contributed by atoms with van der Waals surface area (Å²) in [6.45, 7) is 1.19. The van der Waals surface area contributed by atoms with Gasteiger partial charge in [-0.15, -0.1) is 0 Å². The van der Waals surface area contributed by atoms with Crippen molar-refractivity contribution in [2.24, 2.45) is 7.05 Å². The molecular weight excluding hydrogens is 348 g/mol. The van der Waals surface area contributed by atoms with E-state index in [1.807, 2.05) is 19.3 Å². The summed E-state index contributed by atoms with van der Waals surface area (Å²) >= 11 is 0. The average Bonchev–Trinajstić information content (AvgIpc) is 3.35. The number of amides is 3. The van der Waals surface area contributed by atoms with E-state index in [1.54, 1.807) is 18.2 Å². The third kappa shape index (κ3) is 3.75. The largest absolute Gasteiger partial charge is 0.454 e. The van der Waals surface area contributed by atoms with Gasteiger partial charge in [0.25, 0.3) is 0 Å². The highest BCUT2D eigenvalue weighted by Gasteiger charge is 2.29. The van der Waals surface area contributed by atoms with Crippen LogP contribution in [0.4, 0.5) is 10.5 Å². The average molecular weight is 370 g/mol. The molecule has 1 atom stereocenters. The van der Waals surface area contributed by atoms with Gasteiger partial charge in [-0.1, -0.05) is 0 Å². The van der Waals surface area contributed by atoms with E-state index in [0.29, 0.717) is 17.2 Å². The minimum Gasteiger partial charge on any atom is -0.454 e. The third-order valence-corrected chi connectivity index (χ3v) is 4.92. The highest BCUT2D eigenvalue weighted by molar-refractivity contribution is 6.01. The van der Waals surface area contributed by atoms with Gasteiger partial charge in [-0.05, 0) is 43.7 Å². The van der Waals surface area contributed by atoms with Crippen LogP contribution in [0.15, 0.2) is 36.5 Å². The molecule has 3 amide bonds. The van der Waals surface area contributed by atoms with Crippen LogP contribution in [0.1, 0.15) is 24.6 Å². The van der Waals surface area contributed by atoms with Crippen LogP contribution in [-0.2, 0) is 11.8 Å². The van der Waals surface area contributed by atoms with Gasteiger partial charge in [0.2, 0.25) is 12.7 Å². The van der Waals surface area contributed by atoms with Gasteiger partial charge in [0.1, 0.15) is 0 Å². The highest BCUT2D eigenvalue weighted by Crippen LogP contribution is 2.34. The number of anilines is 1. The molecule has 1 saturated heterocycles. The molecule has 142 valence electrons. The first kappa shape index (κ1) is 17.4. The maximum atomic E-state index is 12.3. The number of hydrogen-bond acceptors (Lipinski definition) is 5. The molecular formula is C19H22N4O4. The van der Waals surface area contributed by atoms with Crippen molar-refractivity contribution < 1.29 is 19.1 Å². The Balaban J connectivity index is 1.32. The summed E-state index contributed by atoms with van der Waals surface area (Å²) in [5, 5.41) is 5.04. The fourth-order valence-corrected chi connectivity index (χ4v) is 3.66.